The molecule has 17 heavy (non-hydrogen) atoms. The SMILES string of the molecule is CCC1CCC(CN)(N2CCC(C)C(C)C2)C1. The van der Waals surface area contributed by atoms with Crippen molar-refractivity contribution in [3.63, 3.8) is 0 Å². The second-order valence-corrected chi connectivity index (χ2v) is 6.63. The maximum absolute atomic E-state index is 6.15. The summed E-state index contributed by atoms with van der Waals surface area (Å²) in [7, 11) is 0. The van der Waals surface area contributed by atoms with Crippen molar-refractivity contribution in [1.29, 1.82) is 0 Å². The van der Waals surface area contributed by atoms with Gasteiger partial charge in [-0.05, 0) is 50.0 Å². The summed E-state index contributed by atoms with van der Waals surface area (Å²) in [6.45, 7) is 10.6. The number of hydrogen-bond donors (Lipinski definition) is 1. The monoisotopic (exact) mass is 238 g/mol. The van der Waals surface area contributed by atoms with Gasteiger partial charge in [0.2, 0.25) is 0 Å². The summed E-state index contributed by atoms with van der Waals surface area (Å²) in [6.07, 6.45) is 6.78. The highest BCUT2D eigenvalue weighted by Crippen LogP contribution is 2.42. The van der Waals surface area contributed by atoms with E-state index in [-0.39, 0.29) is 0 Å². The molecule has 0 aromatic rings. The topological polar surface area (TPSA) is 29.3 Å². The third-order valence-electron chi connectivity index (χ3n) is 5.65. The molecule has 0 aromatic carbocycles. The van der Waals surface area contributed by atoms with E-state index in [0.717, 1.165) is 24.3 Å². The van der Waals surface area contributed by atoms with E-state index in [1.54, 1.807) is 0 Å². The van der Waals surface area contributed by atoms with Gasteiger partial charge in [0.25, 0.3) is 0 Å². The summed E-state index contributed by atoms with van der Waals surface area (Å²) in [5.41, 5.74) is 6.51. The molecule has 4 unspecified atom stereocenters. The van der Waals surface area contributed by atoms with Crippen molar-refractivity contribution in [2.24, 2.45) is 23.5 Å². The Balaban J connectivity index is 2.04. The largest absolute Gasteiger partial charge is 0.329 e. The van der Waals surface area contributed by atoms with E-state index in [4.69, 9.17) is 5.73 Å². The fourth-order valence-electron chi connectivity index (χ4n) is 3.86. The van der Waals surface area contributed by atoms with Crippen LogP contribution in [0.1, 0.15) is 52.9 Å². The van der Waals surface area contributed by atoms with Crippen LogP contribution >= 0.6 is 0 Å². The van der Waals surface area contributed by atoms with Gasteiger partial charge in [0, 0.05) is 18.6 Å². The number of likely N-dealkylation sites (tertiary alicyclic amines) is 1. The van der Waals surface area contributed by atoms with E-state index >= 15 is 0 Å². The summed E-state index contributed by atoms with van der Waals surface area (Å²) in [5.74, 6) is 2.66. The van der Waals surface area contributed by atoms with E-state index in [9.17, 15) is 0 Å². The minimum atomic E-state index is 0.356. The molecular formula is C15H30N2. The molecule has 2 aliphatic rings. The van der Waals surface area contributed by atoms with Gasteiger partial charge in [0.05, 0.1) is 0 Å². The number of piperidine rings is 1. The Labute approximate surface area is 107 Å². The second-order valence-electron chi connectivity index (χ2n) is 6.63. The maximum atomic E-state index is 6.15. The van der Waals surface area contributed by atoms with Crippen molar-refractivity contribution >= 4 is 0 Å². The van der Waals surface area contributed by atoms with Crippen molar-refractivity contribution in [3.05, 3.63) is 0 Å². The molecule has 2 heteroatoms. The minimum Gasteiger partial charge on any atom is -0.329 e. The van der Waals surface area contributed by atoms with Crippen LogP contribution in [0, 0.1) is 17.8 Å². The Hall–Kier alpha value is -0.0800. The molecule has 0 bridgehead atoms. The predicted molar refractivity (Wildman–Crippen MR) is 73.9 cm³/mol. The van der Waals surface area contributed by atoms with Crippen LogP contribution in [0.4, 0.5) is 0 Å². The predicted octanol–water partition coefficient (Wildman–Crippen LogP) is 2.87. The smallest absolute Gasteiger partial charge is 0.0334 e. The van der Waals surface area contributed by atoms with E-state index in [2.05, 4.69) is 25.7 Å². The molecule has 2 fully saturated rings. The Kier molecular flexibility index (Phi) is 4.14. The zero-order valence-electron chi connectivity index (χ0n) is 11.9. The quantitative estimate of drug-likeness (QED) is 0.819. The van der Waals surface area contributed by atoms with Crippen LogP contribution in [0.2, 0.25) is 0 Å². The van der Waals surface area contributed by atoms with E-state index < -0.39 is 0 Å². The molecule has 1 saturated carbocycles. The molecule has 0 aromatic heterocycles. The third-order valence-corrected chi connectivity index (χ3v) is 5.65. The standard InChI is InChI=1S/C15H30N2/c1-4-14-5-7-15(9-14,11-16)17-8-6-12(2)13(3)10-17/h12-14H,4-11,16H2,1-3H3. The van der Waals surface area contributed by atoms with E-state index in [1.165, 1.54) is 45.2 Å². The summed E-state index contributed by atoms with van der Waals surface area (Å²) in [4.78, 5) is 2.74. The van der Waals surface area contributed by atoms with Crippen molar-refractivity contribution in [1.82, 2.24) is 4.90 Å². The average Bonchev–Trinajstić information content (AvgIpc) is 2.77. The Morgan fingerprint density at radius 3 is 2.53 bits per heavy atom. The van der Waals surface area contributed by atoms with Crippen LogP contribution in [0.5, 0.6) is 0 Å². The molecule has 0 amide bonds. The molecule has 2 rings (SSSR count). The normalized spacial score (nSPS) is 44.1. The molecule has 0 spiro atoms. The van der Waals surface area contributed by atoms with Gasteiger partial charge in [-0.25, -0.2) is 0 Å². The number of rotatable bonds is 3. The fraction of sp³-hybridized carbons (Fsp3) is 1.00. The molecule has 4 atom stereocenters. The Morgan fingerprint density at radius 1 is 1.24 bits per heavy atom. The number of hydrogen-bond acceptors (Lipinski definition) is 2. The summed E-state index contributed by atoms with van der Waals surface area (Å²) in [6, 6.07) is 0. The molecule has 1 aliphatic heterocycles. The van der Waals surface area contributed by atoms with Gasteiger partial charge in [-0.2, -0.15) is 0 Å². The lowest BCUT2D eigenvalue weighted by molar-refractivity contribution is 0.0318. The van der Waals surface area contributed by atoms with Gasteiger partial charge in [-0.3, -0.25) is 4.90 Å². The van der Waals surface area contributed by atoms with Gasteiger partial charge < -0.3 is 5.73 Å². The highest BCUT2D eigenvalue weighted by atomic mass is 15.2. The van der Waals surface area contributed by atoms with Gasteiger partial charge in [-0.1, -0.05) is 27.2 Å². The van der Waals surface area contributed by atoms with Crippen LogP contribution in [0.25, 0.3) is 0 Å². The van der Waals surface area contributed by atoms with Crippen molar-refractivity contribution in [2.45, 2.75) is 58.4 Å². The molecule has 1 heterocycles. The van der Waals surface area contributed by atoms with Gasteiger partial charge in [0.15, 0.2) is 0 Å². The van der Waals surface area contributed by atoms with Gasteiger partial charge in [0.1, 0.15) is 0 Å². The van der Waals surface area contributed by atoms with E-state index in [1.807, 2.05) is 0 Å². The second kappa shape index (κ2) is 5.27. The first-order valence-corrected chi connectivity index (χ1v) is 7.56. The first-order valence-electron chi connectivity index (χ1n) is 7.56. The average molecular weight is 238 g/mol. The lowest BCUT2D eigenvalue weighted by atomic mass is 9.83. The van der Waals surface area contributed by atoms with E-state index in [0.29, 0.717) is 5.54 Å². The molecule has 1 saturated heterocycles. The van der Waals surface area contributed by atoms with Crippen LogP contribution in [0.3, 0.4) is 0 Å². The summed E-state index contributed by atoms with van der Waals surface area (Å²) < 4.78 is 0. The summed E-state index contributed by atoms with van der Waals surface area (Å²) in [5, 5.41) is 0. The molecule has 0 radical (unpaired) electrons. The van der Waals surface area contributed by atoms with Crippen molar-refractivity contribution in [2.75, 3.05) is 19.6 Å². The first kappa shape index (κ1) is 13.4. The van der Waals surface area contributed by atoms with Gasteiger partial charge >= 0.3 is 0 Å². The fourth-order valence-corrected chi connectivity index (χ4v) is 3.86. The molecular weight excluding hydrogens is 208 g/mol. The highest BCUT2D eigenvalue weighted by Gasteiger charge is 2.43. The van der Waals surface area contributed by atoms with Gasteiger partial charge in [-0.15, -0.1) is 0 Å². The first-order chi connectivity index (χ1) is 8.11. The molecule has 2 nitrogen and oxygen atoms in total. The number of nitrogens with two attached hydrogens (primary N) is 1. The highest BCUT2D eigenvalue weighted by molar-refractivity contribution is 5.00. The lowest BCUT2D eigenvalue weighted by Gasteiger charge is -2.46. The lowest BCUT2D eigenvalue weighted by Crippen LogP contribution is -2.56. The maximum Gasteiger partial charge on any atom is 0.0334 e. The third kappa shape index (κ3) is 2.53. The number of nitrogens with zero attached hydrogens (tertiary/aromatic N) is 1. The van der Waals surface area contributed by atoms with Crippen LogP contribution in [0.15, 0.2) is 0 Å². The zero-order valence-corrected chi connectivity index (χ0v) is 11.9. The molecule has 100 valence electrons. The summed E-state index contributed by atoms with van der Waals surface area (Å²) >= 11 is 0. The molecule has 1 aliphatic carbocycles. The zero-order chi connectivity index (χ0) is 12.5. The Bertz CT molecular complexity index is 253. The van der Waals surface area contributed by atoms with Crippen LogP contribution in [-0.4, -0.2) is 30.1 Å². The van der Waals surface area contributed by atoms with Crippen molar-refractivity contribution < 1.29 is 0 Å². The van der Waals surface area contributed by atoms with Crippen LogP contribution < -0.4 is 5.73 Å². The van der Waals surface area contributed by atoms with Crippen LogP contribution in [-0.2, 0) is 0 Å². The minimum absolute atomic E-state index is 0.356. The van der Waals surface area contributed by atoms with Crippen molar-refractivity contribution in [3.8, 4) is 0 Å². The Morgan fingerprint density at radius 2 is 2.00 bits per heavy atom. The molecule has 2 N–H and O–H groups in total.